The van der Waals surface area contributed by atoms with Crippen LogP contribution in [-0.4, -0.2) is 22.9 Å². The summed E-state index contributed by atoms with van der Waals surface area (Å²) < 4.78 is 0. The lowest BCUT2D eigenvalue weighted by Gasteiger charge is -2.16. The van der Waals surface area contributed by atoms with Crippen molar-refractivity contribution in [2.24, 2.45) is 0 Å². The molecular weight excluding hydrogens is 264 g/mol. The SMILES string of the molecule is O=[N+]([O-])c1cccc([C@H]2CCN(Cc3ccccc3)C2)c1. The van der Waals surface area contributed by atoms with Crippen molar-refractivity contribution in [3.63, 3.8) is 0 Å². The Morgan fingerprint density at radius 1 is 1.14 bits per heavy atom. The van der Waals surface area contributed by atoms with E-state index in [0.717, 1.165) is 31.6 Å². The van der Waals surface area contributed by atoms with Gasteiger partial charge in [-0.3, -0.25) is 15.0 Å². The lowest BCUT2D eigenvalue weighted by atomic mass is 9.98. The van der Waals surface area contributed by atoms with Crippen LogP contribution in [0.4, 0.5) is 5.69 Å². The van der Waals surface area contributed by atoms with Crippen molar-refractivity contribution in [1.29, 1.82) is 0 Å². The first-order valence-electron chi connectivity index (χ1n) is 7.23. The highest BCUT2D eigenvalue weighted by Gasteiger charge is 2.24. The molecule has 4 nitrogen and oxygen atoms in total. The third kappa shape index (κ3) is 3.28. The second-order valence-electron chi connectivity index (χ2n) is 5.56. The van der Waals surface area contributed by atoms with E-state index in [0.29, 0.717) is 5.92 Å². The molecule has 3 rings (SSSR count). The molecule has 1 fully saturated rings. The molecule has 0 spiro atoms. The smallest absolute Gasteiger partial charge is 0.269 e. The van der Waals surface area contributed by atoms with Crippen LogP contribution in [-0.2, 0) is 6.54 Å². The van der Waals surface area contributed by atoms with E-state index in [4.69, 9.17) is 0 Å². The summed E-state index contributed by atoms with van der Waals surface area (Å²) in [5.41, 5.74) is 2.59. The van der Waals surface area contributed by atoms with Crippen LogP contribution in [0.15, 0.2) is 54.6 Å². The van der Waals surface area contributed by atoms with Crippen LogP contribution >= 0.6 is 0 Å². The average Bonchev–Trinajstić information content (AvgIpc) is 2.97. The monoisotopic (exact) mass is 282 g/mol. The number of nitrogens with zero attached hydrogens (tertiary/aromatic N) is 2. The fourth-order valence-corrected chi connectivity index (χ4v) is 2.98. The van der Waals surface area contributed by atoms with Crippen LogP contribution in [0.25, 0.3) is 0 Å². The Morgan fingerprint density at radius 3 is 2.71 bits per heavy atom. The van der Waals surface area contributed by atoms with Crippen molar-refractivity contribution in [3.8, 4) is 0 Å². The predicted octanol–water partition coefficient (Wildman–Crippen LogP) is 3.58. The first kappa shape index (κ1) is 13.8. The van der Waals surface area contributed by atoms with Crippen LogP contribution in [0.1, 0.15) is 23.5 Å². The van der Waals surface area contributed by atoms with E-state index in [1.165, 1.54) is 5.56 Å². The Bertz CT molecular complexity index is 628. The molecule has 4 heteroatoms. The third-order valence-corrected chi connectivity index (χ3v) is 4.07. The Morgan fingerprint density at radius 2 is 1.95 bits per heavy atom. The minimum Gasteiger partial charge on any atom is -0.298 e. The van der Waals surface area contributed by atoms with E-state index in [-0.39, 0.29) is 10.6 Å². The van der Waals surface area contributed by atoms with E-state index in [1.807, 2.05) is 12.1 Å². The molecule has 0 amide bonds. The largest absolute Gasteiger partial charge is 0.298 e. The Balaban J connectivity index is 1.67. The number of benzene rings is 2. The van der Waals surface area contributed by atoms with Crippen molar-refractivity contribution in [1.82, 2.24) is 4.90 Å². The average molecular weight is 282 g/mol. The maximum atomic E-state index is 10.9. The summed E-state index contributed by atoms with van der Waals surface area (Å²) in [7, 11) is 0. The number of likely N-dealkylation sites (tertiary alicyclic amines) is 1. The molecule has 0 aromatic heterocycles. The Hall–Kier alpha value is -2.20. The Kier molecular flexibility index (Phi) is 3.97. The summed E-state index contributed by atoms with van der Waals surface area (Å²) in [6, 6.07) is 17.5. The molecule has 0 aliphatic carbocycles. The summed E-state index contributed by atoms with van der Waals surface area (Å²) in [6.07, 6.45) is 1.06. The number of nitro benzene ring substituents is 1. The molecular formula is C17H18N2O2. The summed E-state index contributed by atoms with van der Waals surface area (Å²) in [6.45, 7) is 2.96. The van der Waals surface area contributed by atoms with Crippen LogP contribution in [0.5, 0.6) is 0 Å². The number of non-ortho nitro benzene ring substituents is 1. The van der Waals surface area contributed by atoms with Crippen LogP contribution in [0.3, 0.4) is 0 Å². The molecule has 1 saturated heterocycles. The molecule has 21 heavy (non-hydrogen) atoms. The maximum absolute atomic E-state index is 10.9. The van der Waals surface area contributed by atoms with Gasteiger partial charge in [0.25, 0.3) is 5.69 Å². The summed E-state index contributed by atoms with van der Waals surface area (Å²) in [4.78, 5) is 13.0. The Labute approximate surface area is 124 Å². The first-order valence-corrected chi connectivity index (χ1v) is 7.23. The van der Waals surface area contributed by atoms with Crippen molar-refractivity contribution >= 4 is 5.69 Å². The van der Waals surface area contributed by atoms with Crippen LogP contribution in [0, 0.1) is 10.1 Å². The second-order valence-corrected chi connectivity index (χ2v) is 5.56. The third-order valence-electron chi connectivity index (χ3n) is 4.07. The molecule has 1 aliphatic heterocycles. The normalized spacial score (nSPS) is 18.8. The predicted molar refractivity (Wildman–Crippen MR) is 82.2 cm³/mol. The van der Waals surface area contributed by atoms with Crippen molar-refractivity contribution in [3.05, 3.63) is 75.8 Å². The standard InChI is InChI=1S/C17H18N2O2/c20-19(21)17-8-4-7-15(11-17)16-9-10-18(13-16)12-14-5-2-1-3-6-14/h1-8,11,16H,9-10,12-13H2/t16-/m0/s1. The van der Waals surface area contributed by atoms with E-state index < -0.39 is 0 Å². The van der Waals surface area contributed by atoms with Gasteiger partial charge >= 0.3 is 0 Å². The molecule has 0 unspecified atom stereocenters. The topological polar surface area (TPSA) is 46.4 Å². The van der Waals surface area contributed by atoms with Crippen LogP contribution < -0.4 is 0 Å². The molecule has 1 atom stereocenters. The zero-order valence-corrected chi connectivity index (χ0v) is 11.8. The fraction of sp³-hybridized carbons (Fsp3) is 0.294. The minimum absolute atomic E-state index is 0.189. The quantitative estimate of drug-likeness (QED) is 0.636. The molecule has 1 aliphatic rings. The van der Waals surface area contributed by atoms with Crippen LogP contribution in [0.2, 0.25) is 0 Å². The zero-order chi connectivity index (χ0) is 14.7. The lowest BCUT2D eigenvalue weighted by molar-refractivity contribution is -0.384. The van der Waals surface area contributed by atoms with E-state index in [9.17, 15) is 10.1 Å². The van der Waals surface area contributed by atoms with Gasteiger partial charge < -0.3 is 0 Å². The molecule has 2 aromatic carbocycles. The van der Waals surface area contributed by atoms with Gasteiger partial charge in [-0.2, -0.15) is 0 Å². The zero-order valence-electron chi connectivity index (χ0n) is 11.8. The molecule has 0 N–H and O–H groups in total. The number of rotatable bonds is 4. The number of hydrogen-bond donors (Lipinski definition) is 0. The first-order chi connectivity index (χ1) is 10.2. The molecule has 0 radical (unpaired) electrons. The van der Waals surface area contributed by atoms with Crippen molar-refractivity contribution < 1.29 is 4.92 Å². The van der Waals surface area contributed by atoms with Gasteiger partial charge in [0.2, 0.25) is 0 Å². The summed E-state index contributed by atoms with van der Waals surface area (Å²) in [5, 5.41) is 10.9. The van der Waals surface area contributed by atoms with Gasteiger partial charge in [-0.1, -0.05) is 42.5 Å². The van der Waals surface area contributed by atoms with E-state index in [2.05, 4.69) is 29.2 Å². The maximum Gasteiger partial charge on any atom is 0.269 e. The van der Waals surface area contributed by atoms with E-state index in [1.54, 1.807) is 18.2 Å². The molecule has 0 bridgehead atoms. The van der Waals surface area contributed by atoms with Gasteiger partial charge in [-0.15, -0.1) is 0 Å². The summed E-state index contributed by atoms with van der Waals surface area (Å²) in [5.74, 6) is 0.397. The minimum atomic E-state index is -0.319. The van der Waals surface area contributed by atoms with Gasteiger partial charge in [0, 0.05) is 25.2 Å². The van der Waals surface area contributed by atoms with Gasteiger partial charge in [0.15, 0.2) is 0 Å². The highest BCUT2D eigenvalue weighted by molar-refractivity contribution is 5.36. The van der Waals surface area contributed by atoms with Gasteiger partial charge in [0.1, 0.15) is 0 Å². The fourth-order valence-electron chi connectivity index (χ4n) is 2.98. The second kappa shape index (κ2) is 6.06. The summed E-state index contributed by atoms with van der Waals surface area (Å²) >= 11 is 0. The van der Waals surface area contributed by atoms with Gasteiger partial charge in [-0.05, 0) is 30.0 Å². The number of nitro groups is 1. The van der Waals surface area contributed by atoms with Gasteiger partial charge in [-0.25, -0.2) is 0 Å². The molecule has 108 valence electrons. The van der Waals surface area contributed by atoms with Crippen molar-refractivity contribution in [2.45, 2.75) is 18.9 Å². The highest BCUT2D eigenvalue weighted by Crippen LogP contribution is 2.30. The molecule has 0 saturated carbocycles. The molecule has 1 heterocycles. The van der Waals surface area contributed by atoms with E-state index >= 15 is 0 Å². The number of hydrogen-bond acceptors (Lipinski definition) is 3. The van der Waals surface area contributed by atoms with Crippen molar-refractivity contribution in [2.75, 3.05) is 13.1 Å². The van der Waals surface area contributed by atoms with Gasteiger partial charge in [0.05, 0.1) is 4.92 Å². The lowest BCUT2D eigenvalue weighted by Crippen LogP contribution is -2.19. The molecule has 2 aromatic rings. The highest BCUT2D eigenvalue weighted by atomic mass is 16.6.